The Morgan fingerprint density at radius 3 is 2.32 bits per heavy atom. The van der Waals surface area contributed by atoms with Gasteiger partial charge in [-0.3, -0.25) is 9.59 Å². The fourth-order valence-corrected chi connectivity index (χ4v) is 2.55. The van der Waals surface area contributed by atoms with E-state index in [0.29, 0.717) is 25.2 Å². The Balaban J connectivity index is 1.85. The average Bonchev–Trinajstić information content (AvgIpc) is 2.57. The first kappa shape index (κ1) is 18.6. The van der Waals surface area contributed by atoms with Crippen LogP contribution in [0.4, 0.5) is 4.39 Å². The van der Waals surface area contributed by atoms with Crippen LogP contribution >= 0.6 is 0 Å². The average molecular weight is 342 g/mol. The first-order chi connectivity index (χ1) is 12.0. The third kappa shape index (κ3) is 5.71. The molecule has 132 valence electrons. The van der Waals surface area contributed by atoms with E-state index in [-0.39, 0.29) is 24.1 Å². The number of hydrogen-bond acceptors (Lipinski definition) is 2. The van der Waals surface area contributed by atoms with E-state index >= 15 is 0 Å². The van der Waals surface area contributed by atoms with Crippen molar-refractivity contribution in [2.24, 2.45) is 0 Å². The van der Waals surface area contributed by atoms with Crippen molar-refractivity contribution >= 4 is 11.8 Å². The largest absolute Gasteiger partial charge is 0.354 e. The number of nitrogens with zero attached hydrogens (tertiary/aromatic N) is 1. The number of amides is 2. The van der Waals surface area contributed by atoms with Gasteiger partial charge in [-0.1, -0.05) is 42.5 Å². The minimum absolute atomic E-state index is 0.00939. The molecule has 0 aliphatic heterocycles. The standard InChI is InChI=1S/C20H23FN2O2/c1-15-7-3-4-9-18(15)14-23(16(2)24)12-11-22-20(25)13-17-8-5-6-10-19(17)21/h3-10H,11-14H2,1-2H3,(H,22,25). The Morgan fingerprint density at radius 2 is 1.68 bits per heavy atom. The molecule has 0 aromatic heterocycles. The van der Waals surface area contributed by atoms with Gasteiger partial charge >= 0.3 is 0 Å². The zero-order chi connectivity index (χ0) is 18.2. The highest BCUT2D eigenvalue weighted by Gasteiger charge is 2.12. The molecule has 0 spiro atoms. The van der Waals surface area contributed by atoms with Crippen LogP contribution in [-0.4, -0.2) is 29.8 Å². The number of benzene rings is 2. The predicted octanol–water partition coefficient (Wildman–Crippen LogP) is 2.84. The molecule has 2 aromatic carbocycles. The fourth-order valence-electron chi connectivity index (χ4n) is 2.55. The third-order valence-corrected chi connectivity index (χ3v) is 4.08. The van der Waals surface area contributed by atoms with Crippen LogP contribution in [-0.2, 0) is 22.6 Å². The molecule has 0 aliphatic rings. The molecular formula is C20H23FN2O2. The second-order valence-corrected chi connectivity index (χ2v) is 5.99. The number of nitrogens with one attached hydrogen (secondary N) is 1. The monoisotopic (exact) mass is 342 g/mol. The van der Waals surface area contributed by atoms with E-state index in [9.17, 15) is 14.0 Å². The SMILES string of the molecule is CC(=O)N(CCNC(=O)Cc1ccccc1F)Cc1ccccc1C. The summed E-state index contributed by atoms with van der Waals surface area (Å²) >= 11 is 0. The van der Waals surface area contributed by atoms with Crippen LogP contribution in [0.1, 0.15) is 23.6 Å². The van der Waals surface area contributed by atoms with Crippen molar-refractivity contribution in [3.05, 3.63) is 71.0 Å². The first-order valence-corrected chi connectivity index (χ1v) is 8.27. The maximum Gasteiger partial charge on any atom is 0.224 e. The first-order valence-electron chi connectivity index (χ1n) is 8.27. The molecule has 0 radical (unpaired) electrons. The van der Waals surface area contributed by atoms with Crippen LogP contribution < -0.4 is 5.32 Å². The van der Waals surface area contributed by atoms with Gasteiger partial charge in [-0.05, 0) is 29.7 Å². The summed E-state index contributed by atoms with van der Waals surface area (Å²) in [5.41, 5.74) is 2.57. The fraction of sp³-hybridized carbons (Fsp3) is 0.300. The molecule has 25 heavy (non-hydrogen) atoms. The lowest BCUT2D eigenvalue weighted by Crippen LogP contribution is -2.37. The highest BCUT2D eigenvalue weighted by atomic mass is 19.1. The predicted molar refractivity (Wildman–Crippen MR) is 95.4 cm³/mol. The summed E-state index contributed by atoms with van der Waals surface area (Å²) in [6, 6.07) is 14.1. The van der Waals surface area contributed by atoms with Crippen molar-refractivity contribution < 1.29 is 14.0 Å². The van der Waals surface area contributed by atoms with Gasteiger partial charge in [0, 0.05) is 26.6 Å². The van der Waals surface area contributed by atoms with Crippen LogP contribution in [0, 0.1) is 12.7 Å². The number of rotatable bonds is 7. The molecule has 0 aliphatic carbocycles. The number of aryl methyl sites for hydroxylation is 1. The lowest BCUT2D eigenvalue weighted by atomic mass is 10.1. The highest BCUT2D eigenvalue weighted by molar-refractivity contribution is 5.78. The Labute approximate surface area is 147 Å². The minimum atomic E-state index is -0.387. The molecule has 0 saturated carbocycles. The third-order valence-electron chi connectivity index (χ3n) is 4.08. The molecule has 0 atom stereocenters. The van der Waals surface area contributed by atoms with Gasteiger partial charge in [-0.2, -0.15) is 0 Å². The van der Waals surface area contributed by atoms with Crippen molar-refractivity contribution in [3.8, 4) is 0 Å². The Bertz CT molecular complexity index is 746. The molecule has 2 amide bonds. The molecule has 4 nitrogen and oxygen atoms in total. The van der Waals surface area contributed by atoms with Gasteiger partial charge in [0.2, 0.25) is 11.8 Å². The van der Waals surface area contributed by atoms with E-state index in [0.717, 1.165) is 11.1 Å². The van der Waals surface area contributed by atoms with Gasteiger partial charge in [-0.15, -0.1) is 0 Å². The van der Waals surface area contributed by atoms with E-state index in [1.165, 1.54) is 13.0 Å². The zero-order valence-electron chi connectivity index (χ0n) is 14.6. The lowest BCUT2D eigenvalue weighted by Gasteiger charge is -2.22. The Kier molecular flexibility index (Phi) is 6.69. The molecule has 0 fully saturated rings. The molecule has 5 heteroatoms. The van der Waals surface area contributed by atoms with Gasteiger partial charge in [0.25, 0.3) is 0 Å². The smallest absolute Gasteiger partial charge is 0.224 e. The van der Waals surface area contributed by atoms with E-state index < -0.39 is 0 Å². The van der Waals surface area contributed by atoms with Gasteiger partial charge in [0.05, 0.1) is 6.42 Å². The normalized spacial score (nSPS) is 10.4. The maximum absolute atomic E-state index is 13.6. The van der Waals surface area contributed by atoms with Crippen LogP contribution in [0.3, 0.4) is 0 Å². The zero-order valence-corrected chi connectivity index (χ0v) is 14.6. The summed E-state index contributed by atoms with van der Waals surface area (Å²) < 4.78 is 13.6. The van der Waals surface area contributed by atoms with E-state index in [1.807, 2.05) is 31.2 Å². The van der Waals surface area contributed by atoms with Crippen molar-refractivity contribution in [1.29, 1.82) is 0 Å². The van der Waals surface area contributed by atoms with E-state index in [2.05, 4.69) is 5.32 Å². The Morgan fingerprint density at radius 1 is 1.04 bits per heavy atom. The molecule has 0 saturated heterocycles. The number of hydrogen-bond donors (Lipinski definition) is 1. The summed E-state index contributed by atoms with van der Waals surface area (Å²) in [5, 5.41) is 2.74. The van der Waals surface area contributed by atoms with Crippen molar-refractivity contribution in [2.45, 2.75) is 26.8 Å². The van der Waals surface area contributed by atoms with Crippen molar-refractivity contribution in [3.63, 3.8) is 0 Å². The molecule has 1 N–H and O–H groups in total. The van der Waals surface area contributed by atoms with Gasteiger partial charge in [0.15, 0.2) is 0 Å². The second-order valence-electron chi connectivity index (χ2n) is 5.99. The number of carbonyl (C=O) groups is 2. The van der Waals surface area contributed by atoms with E-state index in [1.54, 1.807) is 23.1 Å². The van der Waals surface area contributed by atoms with Crippen LogP contribution in [0.2, 0.25) is 0 Å². The van der Waals surface area contributed by atoms with Crippen LogP contribution in [0.25, 0.3) is 0 Å². The van der Waals surface area contributed by atoms with Crippen molar-refractivity contribution in [2.75, 3.05) is 13.1 Å². The summed E-state index contributed by atoms with van der Waals surface area (Å²) in [4.78, 5) is 25.5. The summed E-state index contributed by atoms with van der Waals surface area (Å²) in [7, 11) is 0. The molecule has 0 heterocycles. The molecule has 0 bridgehead atoms. The van der Waals surface area contributed by atoms with Crippen LogP contribution in [0.15, 0.2) is 48.5 Å². The minimum Gasteiger partial charge on any atom is -0.354 e. The maximum atomic E-state index is 13.6. The van der Waals surface area contributed by atoms with Crippen LogP contribution in [0.5, 0.6) is 0 Å². The summed E-state index contributed by atoms with van der Waals surface area (Å²) in [6.07, 6.45) is -0.00939. The Hall–Kier alpha value is -2.69. The second kappa shape index (κ2) is 8.97. The van der Waals surface area contributed by atoms with Gasteiger partial charge in [-0.25, -0.2) is 4.39 Å². The van der Waals surface area contributed by atoms with Crippen molar-refractivity contribution in [1.82, 2.24) is 10.2 Å². The molecular weight excluding hydrogens is 319 g/mol. The quantitative estimate of drug-likeness (QED) is 0.841. The summed E-state index contributed by atoms with van der Waals surface area (Å²) in [6.45, 7) is 4.76. The topological polar surface area (TPSA) is 49.4 Å². The summed E-state index contributed by atoms with van der Waals surface area (Å²) in [5.74, 6) is -0.696. The highest BCUT2D eigenvalue weighted by Crippen LogP contribution is 2.10. The van der Waals surface area contributed by atoms with Gasteiger partial charge in [0.1, 0.15) is 5.82 Å². The van der Waals surface area contributed by atoms with Gasteiger partial charge < -0.3 is 10.2 Å². The molecule has 2 rings (SSSR count). The van der Waals surface area contributed by atoms with E-state index in [4.69, 9.17) is 0 Å². The lowest BCUT2D eigenvalue weighted by molar-refractivity contribution is -0.130. The number of carbonyl (C=O) groups excluding carboxylic acids is 2. The number of halogens is 1. The molecule has 2 aromatic rings. The molecule has 0 unspecified atom stereocenters.